The Morgan fingerprint density at radius 2 is 1.78 bits per heavy atom. The fourth-order valence-corrected chi connectivity index (χ4v) is 3.08. The van der Waals surface area contributed by atoms with Crippen LogP contribution in [0, 0.1) is 0 Å². The van der Waals surface area contributed by atoms with Gasteiger partial charge in [-0.1, -0.05) is 42.5 Å². The summed E-state index contributed by atoms with van der Waals surface area (Å²) in [5, 5.41) is 0. The van der Waals surface area contributed by atoms with Gasteiger partial charge in [0.1, 0.15) is 12.4 Å². The predicted octanol–water partition coefficient (Wildman–Crippen LogP) is 4.21. The molecule has 0 radical (unpaired) electrons. The molecule has 0 spiro atoms. The van der Waals surface area contributed by atoms with Gasteiger partial charge in [0.05, 0.1) is 11.2 Å². The van der Waals surface area contributed by atoms with Crippen molar-refractivity contribution in [2.75, 3.05) is 11.5 Å². The molecular formula is C20H23NO2. The van der Waals surface area contributed by atoms with Gasteiger partial charge in [-0.15, -0.1) is 0 Å². The highest BCUT2D eigenvalue weighted by Gasteiger charge is 2.37. The second-order valence-corrected chi connectivity index (χ2v) is 6.64. The van der Waals surface area contributed by atoms with Crippen molar-refractivity contribution >= 4 is 11.6 Å². The second kappa shape index (κ2) is 6.45. The minimum Gasteiger partial charge on any atom is -0.489 e. The number of carbonyl (C=O) groups excluding carboxylic acids is 1. The molecule has 0 aliphatic carbocycles. The number of carbonyl (C=O) groups is 1. The van der Waals surface area contributed by atoms with Crippen LogP contribution in [0.4, 0.5) is 5.69 Å². The van der Waals surface area contributed by atoms with E-state index in [1.54, 1.807) is 0 Å². The topological polar surface area (TPSA) is 29.5 Å². The molecule has 3 heteroatoms. The van der Waals surface area contributed by atoms with Crippen molar-refractivity contribution in [3.63, 3.8) is 0 Å². The Hall–Kier alpha value is -2.29. The van der Waals surface area contributed by atoms with E-state index in [0.717, 1.165) is 24.3 Å². The number of hydrogen-bond acceptors (Lipinski definition) is 2. The number of fused-ring (bicyclic) bond motifs is 1. The molecule has 0 bridgehead atoms. The predicted molar refractivity (Wildman–Crippen MR) is 92.9 cm³/mol. The maximum Gasteiger partial charge on any atom is 0.227 e. The Morgan fingerprint density at radius 1 is 1.09 bits per heavy atom. The molecule has 0 N–H and O–H groups in total. The van der Waals surface area contributed by atoms with Gasteiger partial charge < -0.3 is 4.74 Å². The summed E-state index contributed by atoms with van der Waals surface area (Å²) in [6, 6.07) is 18.1. The highest BCUT2D eigenvalue weighted by molar-refractivity contribution is 5.96. The highest BCUT2D eigenvalue weighted by atomic mass is 16.5. The fraction of sp³-hybridized carbons (Fsp3) is 0.350. The SMILES string of the molecule is CC1(C)COc2ccccc2N1C(=O)CCCc1ccccc1. The van der Waals surface area contributed by atoms with Crippen molar-refractivity contribution in [2.24, 2.45) is 0 Å². The number of benzene rings is 2. The van der Waals surface area contributed by atoms with E-state index in [-0.39, 0.29) is 11.4 Å². The maximum absolute atomic E-state index is 12.8. The van der Waals surface area contributed by atoms with E-state index >= 15 is 0 Å². The van der Waals surface area contributed by atoms with Crippen molar-refractivity contribution in [3.8, 4) is 5.75 Å². The van der Waals surface area contributed by atoms with Crippen LogP contribution >= 0.6 is 0 Å². The van der Waals surface area contributed by atoms with Crippen molar-refractivity contribution in [2.45, 2.75) is 38.6 Å². The Bertz CT molecular complexity index is 679. The van der Waals surface area contributed by atoms with Gasteiger partial charge in [-0.2, -0.15) is 0 Å². The van der Waals surface area contributed by atoms with Gasteiger partial charge in [0.2, 0.25) is 5.91 Å². The first-order valence-corrected chi connectivity index (χ1v) is 8.17. The Kier molecular flexibility index (Phi) is 4.37. The Labute approximate surface area is 137 Å². The van der Waals surface area contributed by atoms with Crippen LogP contribution in [0.25, 0.3) is 0 Å². The number of amides is 1. The average molecular weight is 309 g/mol. The monoisotopic (exact) mass is 309 g/mol. The zero-order valence-electron chi connectivity index (χ0n) is 13.8. The molecule has 1 aliphatic heterocycles. The number of hydrogen-bond donors (Lipinski definition) is 0. The van der Waals surface area contributed by atoms with E-state index in [1.165, 1.54) is 5.56 Å². The van der Waals surface area contributed by atoms with Gasteiger partial charge in [0.25, 0.3) is 0 Å². The van der Waals surface area contributed by atoms with Gasteiger partial charge in [-0.25, -0.2) is 0 Å². The highest BCUT2D eigenvalue weighted by Crippen LogP contribution is 2.38. The van der Waals surface area contributed by atoms with Crippen molar-refractivity contribution < 1.29 is 9.53 Å². The van der Waals surface area contributed by atoms with E-state index in [9.17, 15) is 4.79 Å². The van der Waals surface area contributed by atoms with E-state index in [0.29, 0.717) is 13.0 Å². The molecule has 1 aliphatic rings. The van der Waals surface area contributed by atoms with Crippen LogP contribution in [-0.2, 0) is 11.2 Å². The number of aryl methyl sites for hydroxylation is 1. The molecule has 3 nitrogen and oxygen atoms in total. The number of para-hydroxylation sites is 2. The molecule has 0 saturated heterocycles. The van der Waals surface area contributed by atoms with Crippen LogP contribution < -0.4 is 9.64 Å². The molecule has 1 amide bonds. The normalized spacial score (nSPS) is 15.7. The summed E-state index contributed by atoms with van der Waals surface area (Å²) in [7, 11) is 0. The third kappa shape index (κ3) is 3.39. The summed E-state index contributed by atoms with van der Waals surface area (Å²) in [6.45, 7) is 4.63. The first-order chi connectivity index (χ1) is 11.1. The molecule has 2 aromatic carbocycles. The van der Waals surface area contributed by atoms with E-state index in [1.807, 2.05) is 47.4 Å². The van der Waals surface area contributed by atoms with E-state index in [4.69, 9.17) is 4.74 Å². The molecule has 23 heavy (non-hydrogen) atoms. The lowest BCUT2D eigenvalue weighted by Crippen LogP contribution is -2.54. The standard InChI is InChI=1S/C20H23NO2/c1-20(2)15-23-18-13-7-6-12-17(18)21(20)19(22)14-8-11-16-9-4-3-5-10-16/h3-7,9-10,12-13H,8,11,14-15H2,1-2H3. The lowest BCUT2D eigenvalue weighted by molar-refractivity contribution is -0.120. The summed E-state index contributed by atoms with van der Waals surface area (Å²) >= 11 is 0. The zero-order chi connectivity index (χ0) is 16.3. The van der Waals surface area contributed by atoms with Crippen molar-refractivity contribution in [1.82, 2.24) is 0 Å². The molecule has 3 rings (SSSR count). The Morgan fingerprint density at radius 3 is 2.57 bits per heavy atom. The summed E-state index contributed by atoms with van der Waals surface area (Å²) in [6.07, 6.45) is 2.34. The van der Waals surface area contributed by atoms with E-state index in [2.05, 4.69) is 26.0 Å². The molecular weight excluding hydrogens is 286 g/mol. The lowest BCUT2D eigenvalue weighted by atomic mass is 9.98. The summed E-state index contributed by atoms with van der Waals surface area (Å²) in [5.74, 6) is 0.963. The molecule has 0 aromatic heterocycles. The molecule has 120 valence electrons. The number of ether oxygens (including phenoxy) is 1. The minimum atomic E-state index is -0.321. The summed E-state index contributed by atoms with van der Waals surface area (Å²) in [4.78, 5) is 14.8. The van der Waals surface area contributed by atoms with Gasteiger partial charge in [-0.3, -0.25) is 9.69 Å². The Balaban J connectivity index is 1.70. The summed E-state index contributed by atoms with van der Waals surface area (Å²) in [5.41, 5.74) is 1.84. The zero-order valence-corrected chi connectivity index (χ0v) is 13.8. The molecule has 0 atom stereocenters. The first-order valence-electron chi connectivity index (χ1n) is 8.17. The van der Waals surface area contributed by atoms with Crippen molar-refractivity contribution in [3.05, 3.63) is 60.2 Å². The van der Waals surface area contributed by atoms with E-state index < -0.39 is 0 Å². The van der Waals surface area contributed by atoms with Gasteiger partial charge >= 0.3 is 0 Å². The number of rotatable bonds is 4. The molecule has 0 fully saturated rings. The maximum atomic E-state index is 12.8. The molecule has 1 heterocycles. The number of nitrogens with zero attached hydrogens (tertiary/aromatic N) is 1. The first kappa shape index (κ1) is 15.6. The van der Waals surface area contributed by atoms with Crippen molar-refractivity contribution in [1.29, 1.82) is 0 Å². The molecule has 2 aromatic rings. The largest absolute Gasteiger partial charge is 0.489 e. The minimum absolute atomic E-state index is 0.168. The van der Waals surface area contributed by atoms with Crippen LogP contribution in [0.1, 0.15) is 32.3 Å². The van der Waals surface area contributed by atoms with Crippen LogP contribution in [0.15, 0.2) is 54.6 Å². The molecule has 0 unspecified atom stereocenters. The van der Waals surface area contributed by atoms with Crippen LogP contribution in [0.3, 0.4) is 0 Å². The number of anilines is 1. The average Bonchev–Trinajstić information content (AvgIpc) is 2.55. The van der Waals surface area contributed by atoms with Gasteiger partial charge in [0, 0.05) is 6.42 Å². The second-order valence-electron chi connectivity index (χ2n) is 6.64. The fourth-order valence-electron chi connectivity index (χ4n) is 3.08. The quantitative estimate of drug-likeness (QED) is 0.846. The molecule has 0 saturated carbocycles. The van der Waals surface area contributed by atoms with Crippen LogP contribution in [0.5, 0.6) is 5.75 Å². The van der Waals surface area contributed by atoms with Crippen LogP contribution in [0.2, 0.25) is 0 Å². The van der Waals surface area contributed by atoms with Gasteiger partial charge in [-0.05, 0) is 44.4 Å². The smallest absolute Gasteiger partial charge is 0.227 e. The van der Waals surface area contributed by atoms with Crippen LogP contribution in [-0.4, -0.2) is 18.1 Å². The summed E-state index contributed by atoms with van der Waals surface area (Å²) < 4.78 is 5.80. The van der Waals surface area contributed by atoms with Gasteiger partial charge in [0.15, 0.2) is 0 Å². The third-order valence-electron chi connectivity index (χ3n) is 4.24. The lowest BCUT2D eigenvalue weighted by Gasteiger charge is -2.43. The third-order valence-corrected chi connectivity index (χ3v) is 4.24.